The van der Waals surface area contributed by atoms with Gasteiger partial charge in [0.15, 0.2) is 0 Å². The molecule has 0 aromatic heterocycles. The smallest absolute Gasteiger partial charge is 0.312 e. The fourth-order valence-electron chi connectivity index (χ4n) is 2.76. The molecule has 1 unspecified atom stereocenters. The topological polar surface area (TPSA) is 72.9 Å². The van der Waals surface area contributed by atoms with E-state index in [1.807, 2.05) is 0 Å². The highest BCUT2D eigenvalue weighted by Crippen LogP contribution is 2.17. The Morgan fingerprint density at radius 2 is 1.89 bits per heavy atom. The maximum absolute atomic E-state index is 12.3. The third kappa shape index (κ3) is 3.45. The maximum Gasteiger partial charge on any atom is 0.312 e. The Kier molecular flexibility index (Phi) is 5.15. The molecule has 2 heterocycles. The zero-order valence-corrected chi connectivity index (χ0v) is 11.3. The molecule has 0 aliphatic carbocycles. The van der Waals surface area contributed by atoms with Crippen molar-refractivity contribution in [3.8, 4) is 0 Å². The number of aliphatic hydroxyl groups excluding tert-OH is 1. The third-order valence-electron chi connectivity index (χ3n) is 3.91. The van der Waals surface area contributed by atoms with Crippen LogP contribution in [0.15, 0.2) is 0 Å². The van der Waals surface area contributed by atoms with Crippen LogP contribution in [0.4, 0.5) is 0 Å². The minimum atomic E-state index is -0.444. The van der Waals surface area contributed by atoms with Gasteiger partial charge in [0.05, 0.1) is 12.6 Å². The Balaban J connectivity index is 1.98. The fraction of sp³-hybridized carbons (Fsp3) is 0.846. The largest absolute Gasteiger partial charge is 0.394 e. The quantitative estimate of drug-likeness (QED) is 0.610. The van der Waals surface area contributed by atoms with Gasteiger partial charge in [-0.05, 0) is 32.2 Å². The van der Waals surface area contributed by atoms with Gasteiger partial charge in [-0.15, -0.1) is 0 Å². The van der Waals surface area contributed by atoms with Crippen molar-refractivity contribution >= 4 is 11.8 Å². The van der Waals surface area contributed by atoms with Crippen LogP contribution in [0.25, 0.3) is 0 Å². The lowest BCUT2D eigenvalue weighted by atomic mass is 10.0. The van der Waals surface area contributed by atoms with E-state index in [4.69, 9.17) is 0 Å². The molecule has 0 bridgehead atoms. The van der Waals surface area contributed by atoms with Crippen molar-refractivity contribution in [2.75, 3.05) is 39.3 Å². The summed E-state index contributed by atoms with van der Waals surface area (Å²) in [6, 6.07) is -0.185. The molecule has 0 aromatic carbocycles. The number of piperidine rings is 1. The summed E-state index contributed by atoms with van der Waals surface area (Å²) in [6.45, 7) is 3.38. The van der Waals surface area contributed by atoms with Crippen molar-refractivity contribution in [3.05, 3.63) is 0 Å². The van der Waals surface area contributed by atoms with Crippen molar-refractivity contribution in [2.45, 2.75) is 31.7 Å². The molecule has 2 aliphatic heterocycles. The molecular formula is C13H23N3O3. The number of aliphatic hydroxyl groups is 1. The third-order valence-corrected chi connectivity index (χ3v) is 3.91. The van der Waals surface area contributed by atoms with Crippen LogP contribution in [-0.4, -0.2) is 72.1 Å². The summed E-state index contributed by atoms with van der Waals surface area (Å²) < 4.78 is 0. The summed E-state index contributed by atoms with van der Waals surface area (Å²) in [7, 11) is 0. The van der Waals surface area contributed by atoms with Crippen molar-refractivity contribution in [2.24, 2.45) is 0 Å². The molecular weight excluding hydrogens is 246 g/mol. The molecule has 2 aliphatic rings. The number of likely N-dealkylation sites (tertiary alicyclic amines) is 1. The fourth-order valence-corrected chi connectivity index (χ4v) is 2.76. The number of carbonyl (C=O) groups excluding carboxylic acids is 2. The van der Waals surface area contributed by atoms with Gasteiger partial charge in [-0.1, -0.05) is 0 Å². The molecule has 2 amide bonds. The molecule has 108 valence electrons. The average Bonchev–Trinajstić information content (AvgIpc) is 2.74. The number of nitrogens with zero attached hydrogens (tertiary/aromatic N) is 2. The summed E-state index contributed by atoms with van der Waals surface area (Å²) in [5.74, 6) is -0.857. The lowest BCUT2D eigenvalue weighted by Crippen LogP contribution is -2.52. The number of carbonyl (C=O) groups is 2. The molecule has 6 nitrogen and oxygen atoms in total. The van der Waals surface area contributed by atoms with E-state index in [2.05, 4.69) is 5.32 Å². The van der Waals surface area contributed by atoms with E-state index in [1.165, 1.54) is 0 Å². The molecule has 6 heteroatoms. The lowest BCUT2D eigenvalue weighted by molar-refractivity contribution is -0.154. The SMILES string of the molecule is O=C(C(=O)N1CCCCC1CO)N1CCCNCC1. The summed E-state index contributed by atoms with van der Waals surface area (Å²) >= 11 is 0. The number of amides is 2. The highest BCUT2D eigenvalue weighted by molar-refractivity contribution is 6.35. The first kappa shape index (κ1) is 14.3. The first-order valence-electron chi connectivity index (χ1n) is 7.15. The molecule has 19 heavy (non-hydrogen) atoms. The average molecular weight is 269 g/mol. The maximum atomic E-state index is 12.3. The summed E-state index contributed by atoms with van der Waals surface area (Å²) in [6.07, 6.45) is 3.59. The van der Waals surface area contributed by atoms with Gasteiger partial charge in [0, 0.05) is 26.2 Å². The van der Waals surface area contributed by atoms with Crippen LogP contribution in [0.3, 0.4) is 0 Å². The molecule has 0 spiro atoms. The van der Waals surface area contributed by atoms with Crippen molar-refractivity contribution in [3.63, 3.8) is 0 Å². The van der Waals surface area contributed by atoms with E-state index >= 15 is 0 Å². The van der Waals surface area contributed by atoms with Crippen LogP contribution in [-0.2, 0) is 9.59 Å². The number of rotatable bonds is 1. The van der Waals surface area contributed by atoms with Gasteiger partial charge in [0.25, 0.3) is 0 Å². The van der Waals surface area contributed by atoms with Crippen LogP contribution in [0.1, 0.15) is 25.7 Å². The van der Waals surface area contributed by atoms with Crippen molar-refractivity contribution in [1.82, 2.24) is 15.1 Å². The Morgan fingerprint density at radius 1 is 1.05 bits per heavy atom. The lowest BCUT2D eigenvalue weighted by Gasteiger charge is -2.35. The second-order valence-electron chi connectivity index (χ2n) is 5.23. The molecule has 2 fully saturated rings. The second kappa shape index (κ2) is 6.86. The Morgan fingerprint density at radius 3 is 2.68 bits per heavy atom. The van der Waals surface area contributed by atoms with Crippen molar-refractivity contribution < 1.29 is 14.7 Å². The highest BCUT2D eigenvalue weighted by atomic mass is 16.3. The van der Waals surface area contributed by atoms with E-state index in [-0.39, 0.29) is 12.6 Å². The summed E-state index contributed by atoms with van der Waals surface area (Å²) in [5, 5.41) is 12.5. The van der Waals surface area contributed by atoms with Gasteiger partial charge in [0.1, 0.15) is 0 Å². The molecule has 2 N–H and O–H groups in total. The van der Waals surface area contributed by atoms with E-state index < -0.39 is 11.8 Å². The van der Waals surface area contributed by atoms with Crippen LogP contribution >= 0.6 is 0 Å². The molecule has 1 atom stereocenters. The normalized spacial score (nSPS) is 25.0. The zero-order valence-electron chi connectivity index (χ0n) is 11.3. The molecule has 2 rings (SSSR count). The molecule has 2 saturated heterocycles. The second-order valence-corrected chi connectivity index (χ2v) is 5.23. The standard InChI is InChI=1S/C13H23N3O3/c17-10-11-4-1-2-8-16(11)13(19)12(18)15-7-3-5-14-6-9-15/h11,14,17H,1-10H2. The van der Waals surface area contributed by atoms with Gasteiger partial charge in [-0.3, -0.25) is 9.59 Å². The van der Waals surface area contributed by atoms with Gasteiger partial charge < -0.3 is 20.2 Å². The van der Waals surface area contributed by atoms with Gasteiger partial charge in [-0.2, -0.15) is 0 Å². The van der Waals surface area contributed by atoms with E-state index in [0.29, 0.717) is 19.6 Å². The number of hydrogen-bond donors (Lipinski definition) is 2. The summed E-state index contributed by atoms with van der Waals surface area (Å²) in [4.78, 5) is 27.7. The van der Waals surface area contributed by atoms with Gasteiger partial charge in [0.2, 0.25) is 0 Å². The first-order chi connectivity index (χ1) is 9.24. The number of nitrogens with one attached hydrogen (secondary N) is 1. The molecule has 0 radical (unpaired) electrons. The highest BCUT2D eigenvalue weighted by Gasteiger charge is 2.32. The minimum absolute atomic E-state index is 0.0550. The van der Waals surface area contributed by atoms with Crippen LogP contribution in [0.5, 0.6) is 0 Å². The Labute approximate surface area is 113 Å². The Bertz CT molecular complexity index is 327. The Hall–Kier alpha value is -1.14. The van der Waals surface area contributed by atoms with Crippen LogP contribution in [0, 0.1) is 0 Å². The van der Waals surface area contributed by atoms with E-state index in [9.17, 15) is 14.7 Å². The number of hydrogen-bond acceptors (Lipinski definition) is 4. The monoisotopic (exact) mass is 269 g/mol. The minimum Gasteiger partial charge on any atom is -0.394 e. The zero-order chi connectivity index (χ0) is 13.7. The van der Waals surface area contributed by atoms with Crippen LogP contribution in [0.2, 0.25) is 0 Å². The molecule has 0 saturated carbocycles. The van der Waals surface area contributed by atoms with E-state index in [0.717, 1.165) is 38.8 Å². The van der Waals surface area contributed by atoms with Gasteiger partial charge >= 0.3 is 11.8 Å². The predicted octanol–water partition coefficient (Wildman–Crippen LogP) is -0.818. The van der Waals surface area contributed by atoms with Gasteiger partial charge in [-0.25, -0.2) is 0 Å². The predicted molar refractivity (Wildman–Crippen MR) is 70.5 cm³/mol. The van der Waals surface area contributed by atoms with E-state index in [1.54, 1.807) is 9.80 Å². The van der Waals surface area contributed by atoms with Crippen LogP contribution < -0.4 is 5.32 Å². The van der Waals surface area contributed by atoms with Crippen molar-refractivity contribution in [1.29, 1.82) is 0 Å². The first-order valence-corrected chi connectivity index (χ1v) is 7.15. The summed E-state index contributed by atoms with van der Waals surface area (Å²) in [5.41, 5.74) is 0. The molecule has 0 aromatic rings.